The molecule has 0 unspecified atom stereocenters. The molecule has 13 heteroatoms. The van der Waals surface area contributed by atoms with Gasteiger partial charge >= 0.3 is 6.18 Å². The topological polar surface area (TPSA) is 115 Å². The fourth-order valence-corrected chi connectivity index (χ4v) is 4.36. The third-order valence-corrected chi connectivity index (χ3v) is 6.25. The molecule has 5 rings (SSSR count). The van der Waals surface area contributed by atoms with Crippen LogP contribution in [0.1, 0.15) is 21.7 Å². The molecule has 0 fully saturated rings. The van der Waals surface area contributed by atoms with Crippen LogP contribution >= 0.6 is 11.3 Å². The van der Waals surface area contributed by atoms with Gasteiger partial charge in [0.15, 0.2) is 5.69 Å². The van der Waals surface area contributed by atoms with Crippen LogP contribution in [-0.2, 0) is 6.18 Å². The molecule has 0 bridgehead atoms. The number of aromatic nitrogens is 3. The molecule has 9 nitrogen and oxygen atoms in total. The molecule has 5 aromatic rings. The molecule has 190 valence electrons. The maximum Gasteiger partial charge on any atom is 0.435 e. The number of rotatable bonds is 6. The van der Waals surface area contributed by atoms with E-state index in [1.165, 1.54) is 35.9 Å². The van der Waals surface area contributed by atoms with Crippen LogP contribution in [0.25, 0.3) is 27.2 Å². The van der Waals surface area contributed by atoms with Gasteiger partial charge in [0.25, 0.3) is 11.6 Å². The molecule has 0 saturated heterocycles. The van der Waals surface area contributed by atoms with E-state index in [2.05, 4.69) is 20.6 Å². The largest absolute Gasteiger partial charge is 0.435 e. The Labute approximate surface area is 216 Å². The van der Waals surface area contributed by atoms with Gasteiger partial charge in [-0.25, -0.2) is 15.1 Å². The zero-order chi connectivity index (χ0) is 26.9. The Hall–Kier alpha value is -4.91. The lowest BCUT2D eigenvalue weighted by molar-refractivity contribution is -0.384. The van der Waals surface area contributed by atoms with Gasteiger partial charge in [-0.1, -0.05) is 36.4 Å². The van der Waals surface area contributed by atoms with Crippen molar-refractivity contribution in [3.05, 3.63) is 105 Å². The number of alkyl halides is 3. The fourth-order valence-electron chi connectivity index (χ4n) is 3.59. The highest BCUT2D eigenvalue weighted by Gasteiger charge is 2.35. The molecule has 2 aromatic heterocycles. The summed E-state index contributed by atoms with van der Waals surface area (Å²) >= 11 is 0.947. The summed E-state index contributed by atoms with van der Waals surface area (Å²) in [5, 5.41) is 21.5. The van der Waals surface area contributed by atoms with Gasteiger partial charge in [0, 0.05) is 23.1 Å². The van der Waals surface area contributed by atoms with Crippen LogP contribution in [-0.4, -0.2) is 31.8 Å². The summed E-state index contributed by atoms with van der Waals surface area (Å²) in [6.45, 7) is 0. The van der Waals surface area contributed by atoms with Gasteiger partial charge in [-0.3, -0.25) is 14.9 Å². The maximum atomic E-state index is 13.5. The van der Waals surface area contributed by atoms with E-state index >= 15 is 0 Å². The first-order chi connectivity index (χ1) is 18.2. The molecule has 3 aromatic carbocycles. The van der Waals surface area contributed by atoms with Gasteiger partial charge in [-0.2, -0.15) is 23.4 Å². The Balaban J connectivity index is 1.41. The molecule has 1 amide bonds. The normalized spacial score (nSPS) is 11.8. The summed E-state index contributed by atoms with van der Waals surface area (Å²) in [7, 11) is 0. The number of hydrogen-bond acceptors (Lipinski definition) is 7. The minimum Gasteiger partial charge on any atom is -0.266 e. The monoisotopic (exact) mass is 536 g/mol. The zero-order valence-corrected chi connectivity index (χ0v) is 19.9. The maximum absolute atomic E-state index is 13.5. The zero-order valence-electron chi connectivity index (χ0n) is 19.1. The molecule has 0 aliphatic rings. The number of halogens is 3. The second-order valence-corrected chi connectivity index (χ2v) is 8.79. The van der Waals surface area contributed by atoms with Gasteiger partial charge in [-0.15, -0.1) is 11.3 Å². The number of nitrogens with zero attached hydrogens (tertiary/aromatic N) is 5. The average Bonchev–Trinajstić information content (AvgIpc) is 3.56. The molecule has 2 heterocycles. The number of benzene rings is 3. The number of fused-ring (bicyclic) bond motifs is 1. The first kappa shape index (κ1) is 24.8. The SMILES string of the molecule is O=C(NN=Cc1ccc([N+](=O)[O-])cc1)c1csc(-n2nc(C(F)(F)F)cc2-c2ccc3ccccc3c2)n1. The number of non-ortho nitro benzene ring substituents is 1. The Kier molecular flexibility index (Phi) is 6.43. The first-order valence-corrected chi connectivity index (χ1v) is 11.8. The molecule has 0 saturated carbocycles. The van der Waals surface area contributed by atoms with Crippen LogP contribution in [0.4, 0.5) is 18.9 Å². The van der Waals surface area contributed by atoms with E-state index in [0.717, 1.165) is 32.9 Å². The highest BCUT2D eigenvalue weighted by Crippen LogP contribution is 2.34. The van der Waals surface area contributed by atoms with Gasteiger partial charge < -0.3 is 0 Å². The van der Waals surface area contributed by atoms with E-state index < -0.39 is 22.7 Å². The fraction of sp³-hybridized carbons (Fsp3) is 0.0400. The number of nitro groups is 1. The van der Waals surface area contributed by atoms with Crippen molar-refractivity contribution in [1.29, 1.82) is 0 Å². The molecular formula is C25H15F3N6O3S. The van der Waals surface area contributed by atoms with Crippen molar-refractivity contribution in [1.82, 2.24) is 20.2 Å². The summed E-state index contributed by atoms with van der Waals surface area (Å²) in [6, 6.07) is 19.2. The Bertz CT molecular complexity index is 1690. The van der Waals surface area contributed by atoms with E-state index in [-0.39, 0.29) is 22.2 Å². The molecule has 38 heavy (non-hydrogen) atoms. The number of nitrogens with one attached hydrogen (secondary N) is 1. The lowest BCUT2D eigenvalue weighted by atomic mass is 10.0. The third-order valence-electron chi connectivity index (χ3n) is 5.43. The second kappa shape index (κ2) is 9.86. The number of amides is 1. The highest BCUT2D eigenvalue weighted by molar-refractivity contribution is 7.12. The van der Waals surface area contributed by atoms with E-state index in [4.69, 9.17) is 0 Å². The van der Waals surface area contributed by atoms with Crippen molar-refractivity contribution in [2.24, 2.45) is 5.10 Å². The minimum atomic E-state index is -4.68. The summed E-state index contributed by atoms with van der Waals surface area (Å²) in [5.74, 6) is -0.693. The average molecular weight is 536 g/mol. The second-order valence-electron chi connectivity index (χ2n) is 7.95. The number of hydrazone groups is 1. The Morgan fingerprint density at radius 2 is 1.79 bits per heavy atom. The van der Waals surface area contributed by atoms with Crippen molar-refractivity contribution in [2.45, 2.75) is 6.18 Å². The number of thiazole rings is 1. The molecule has 0 aliphatic heterocycles. The number of hydrogen-bond donors (Lipinski definition) is 1. The van der Waals surface area contributed by atoms with Gasteiger partial charge in [0.2, 0.25) is 5.13 Å². The molecule has 0 radical (unpaired) electrons. The van der Waals surface area contributed by atoms with E-state index in [0.29, 0.717) is 11.1 Å². The summed E-state index contributed by atoms with van der Waals surface area (Å²) in [6.07, 6.45) is -3.39. The van der Waals surface area contributed by atoms with Crippen molar-refractivity contribution < 1.29 is 22.9 Å². The lowest BCUT2D eigenvalue weighted by Gasteiger charge is -2.06. The van der Waals surface area contributed by atoms with E-state index in [1.54, 1.807) is 18.2 Å². The number of carbonyl (C=O) groups excluding carboxylic acids is 1. The molecular weight excluding hydrogens is 521 g/mol. The van der Waals surface area contributed by atoms with Crippen molar-refractivity contribution in [2.75, 3.05) is 0 Å². The molecule has 0 aliphatic carbocycles. The minimum absolute atomic E-state index is 0.0631. The van der Waals surface area contributed by atoms with Crippen molar-refractivity contribution in [3.8, 4) is 16.4 Å². The van der Waals surface area contributed by atoms with Gasteiger partial charge in [0.1, 0.15) is 5.69 Å². The van der Waals surface area contributed by atoms with Crippen LogP contribution in [0.15, 0.2) is 83.3 Å². The Morgan fingerprint density at radius 1 is 1.05 bits per heavy atom. The molecule has 0 spiro atoms. The summed E-state index contributed by atoms with van der Waals surface area (Å²) in [4.78, 5) is 26.9. The van der Waals surface area contributed by atoms with Crippen LogP contribution in [0.3, 0.4) is 0 Å². The van der Waals surface area contributed by atoms with Crippen LogP contribution in [0.2, 0.25) is 0 Å². The smallest absolute Gasteiger partial charge is 0.266 e. The quantitative estimate of drug-likeness (QED) is 0.166. The highest BCUT2D eigenvalue weighted by atomic mass is 32.1. The van der Waals surface area contributed by atoms with Crippen LogP contribution in [0, 0.1) is 10.1 Å². The molecule has 0 atom stereocenters. The predicted octanol–water partition coefficient (Wildman–Crippen LogP) is 5.84. The summed E-state index contributed by atoms with van der Waals surface area (Å²) < 4.78 is 41.7. The molecule has 1 N–H and O–H groups in total. The first-order valence-electron chi connectivity index (χ1n) is 10.9. The predicted molar refractivity (Wildman–Crippen MR) is 135 cm³/mol. The number of carbonyl (C=O) groups is 1. The lowest BCUT2D eigenvalue weighted by Crippen LogP contribution is -2.18. The Morgan fingerprint density at radius 3 is 2.50 bits per heavy atom. The van der Waals surface area contributed by atoms with Crippen LogP contribution < -0.4 is 5.43 Å². The van der Waals surface area contributed by atoms with Gasteiger partial charge in [-0.05, 0) is 40.6 Å². The van der Waals surface area contributed by atoms with Crippen LogP contribution in [0.5, 0.6) is 0 Å². The van der Waals surface area contributed by atoms with E-state index in [1.807, 2.05) is 24.3 Å². The van der Waals surface area contributed by atoms with E-state index in [9.17, 15) is 28.1 Å². The third kappa shape index (κ3) is 5.13. The van der Waals surface area contributed by atoms with Crippen molar-refractivity contribution in [3.63, 3.8) is 0 Å². The van der Waals surface area contributed by atoms with Gasteiger partial charge in [0.05, 0.1) is 16.8 Å². The summed E-state index contributed by atoms with van der Waals surface area (Å²) in [5.41, 5.74) is 2.21. The standard InChI is InChI=1S/C25H15F3N6O3S/c26-25(27,28)22-12-21(18-8-7-16-3-1-2-4-17(16)11-18)33(32-22)24-30-20(14-38-24)23(35)31-29-13-15-5-9-19(10-6-15)34(36)37/h1-14H,(H,31,35). The van der Waals surface area contributed by atoms with Crippen molar-refractivity contribution >= 4 is 39.9 Å². The number of nitro benzene ring substituents is 1.